The van der Waals surface area contributed by atoms with Crippen LogP contribution in [0.5, 0.6) is 0 Å². The standard InChI is InChI=1S/C13H22N4/c1-10-12(14)3-4-13(16-10)15-7-5-11-6-8-17(2)9-11/h3-4,11H,5-9,14H2,1-2H3,(H,15,16). The summed E-state index contributed by atoms with van der Waals surface area (Å²) >= 11 is 0. The zero-order valence-electron chi connectivity index (χ0n) is 10.7. The van der Waals surface area contributed by atoms with Crippen molar-refractivity contribution in [2.24, 2.45) is 5.92 Å². The predicted molar refractivity (Wildman–Crippen MR) is 72.1 cm³/mol. The van der Waals surface area contributed by atoms with Gasteiger partial charge in [0.2, 0.25) is 0 Å². The van der Waals surface area contributed by atoms with Gasteiger partial charge in [0.05, 0.1) is 11.4 Å². The normalized spacial score (nSPS) is 20.7. The lowest BCUT2D eigenvalue weighted by atomic mass is 10.1. The van der Waals surface area contributed by atoms with E-state index < -0.39 is 0 Å². The highest BCUT2D eigenvalue weighted by atomic mass is 15.1. The molecule has 1 saturated heterocycles. The molecule has 0 saturated carbocycles. The number of anilines is 2. The molecule has 1 aromatic rings. The molecule has 0 bridgehead atoms. The summed E-state index contributed by atoms with van der Waals surface area (Å²) in [5.74, 6) is 1.77. The summed E-state index contributed by atoms with van der Waals surface area (Å²) in [5, 5.41) is 3.37. The maximum absolute atomic E-state index is 5.74. The smallest absolute Gasteiger partial charge is 0.126 e. The first kappa shape index (κ1) is 12.2. The molecule has 0 aromatic carbocycles. The van der Waals surface area contributed by atoms with Crippen molar-refractivity contribution in [3.8, 4) is 0 Å². The number of hydrogen-bond donors (Lipinski definition) is 2. The fourth-order valence-corrected chi connectivity index (χ4v) is 2.34. The second-order valence-electron chi connectivity index (χ2n) is 5.00. The van der Waals surface area contributed by atoms with Crippen molar-refractivity contribution in [1.82, 2.24) is 9.88 Å². The van der Waals surface area contributed by atoms with Gasteiger partial charge in [-0.15, -0.1) is 0 Å². The van der Waals surface area contributed by atoms with Gasteiger partial charge in [-0.3, -0.25) is 0 Å². The number of aromatic nitrogens is 1. The Hall–Kier alpha value is -1.29. The molecule has 3 N–H and O–H groups in total. The Labute approximate surface area is 103 Å². The zero-order valence-corrected chi connectivity index (χ0v) is 10.7. The highest BCUT2D eigenvalue weighted by Gasteiger charge is 2.18. The monoisotopic (exact) mass is 234 g/mol. The molecular formula is C13H22N4. The van der Waals surface area contributed by atoms with Gasteiger partial charge in [0, 0.05) is 13.1 Å². The van der Waals surface area contributed by atoms with E-state index in [1.165, 1.54) is 25.9 Å². The van der Waals surface area contributed by atoms with Gasteiger partial charge in [-0.05, 0) is 51.4 Å². The van der Waals surface area contributed by atoms with E-state index in [4.69, 9.17) is 5.73 Å². The topological polar surface area (TPSA) is 54.2 Å². The first-order valence-corrected chi connectivity index (χ1v) is 6.30. The summed E-state index contributed by atoms with van der Waals surface area (Å²) in [6, 6.07) is 3.86. The Morgan fingerprint density at radius 1 is 1.53 bits per heavy atom. The van der Waals surface area contributed by atoms with Crippen LogP contribution in [-0.4, -0.2) is 36.6 Å². The minimum atomic E-state index is 0.757. The minimum Gasteiger partial charge on any atom is -0.397 e. The number of hydrogen-bond acceptors (Lipinski definition) is 4. The molecule has 0 spiro atoms. The fraction of sp³-hybridized carbons (Fsp3) is 0.615. The van der Waals surface area contributed by atoms with E-state index in [1.807, 2.05) is 19.1 Å². The van der Waals surface area contributed by atoms with Crippen molar-refractivity contribution >= 4 is 11.5 Å². The molecule has 0 aliphatic carbocycles. The molecule has 1 unspecified atom stereocenters. The molecule has 17 heavy (non-hydrogen) atoms. The van der Waals surface area contributed by atoms with Crippen molar-refractivity contribution < 1.29 is 0 Å². The summed E-state index contributed by atoms with van der Waals surface area (Å²) in [5.41, 5.74) is 7.39. The molecule has 1 aromatic heterocycles. The van der Waals surface area contributed by atoms with E-state index in [9.17, 15) is 0 Å². The maximum atomic E-state index is 5.74. The van der Waals surface area contributed by atoms with Crippen LogP contribution in [0.3, 0.4) is 0 Å². The molecule has 0 radical (unpaired) electrons. The van der Waals surface area contributed by atoms with E-state index >= 15 is 0 Å². The number of likely N-dealkylation sites (tertiary alicyclic amines) is 1. The lowest BCUT2D eigenvalue weighted by molar-refractivity contribution is 0.390. The van der Waals surface area contributed by atoms with E-state index in [0.717, 1.165) is 29.7 Å². The first-order valence-electron chi connectivity index (χ1n) is 6.30. The molecule has 94 valence electrons. The maximum Gasteiger partial charge on any atom is 0.126 e. The number of aryl methyl sites for hydroxylation is 1. The summed E-state index contributed by atoms with van der Waals surface area (Å²) in [7, 11) is 2.19. The van der Waals surface area contributed by atoms with Crippen molar-refractivity contribution in [1.29, 1.82) is 0 Å². The van der Waals surface area contributed by atoms with Gasteiger partial charge in [0.1, 0.15) is 5.82 Å². The van der Waals surface area contributed by atoms with E-state index in [2.05, 4.69) is 22.2 Å². The average Bonchev–Trinajstić information content (AvgIpc) is 2.70. The highest BCUT2D eigenvalue weighted by molar-refractivity contribution is 5.48. The number of nitrogens with two attached hydrogens (primary N) is 1. The second kappa shape index (κ2) is 5.36. The van der Waals surface area contributed by atoms with Gasteiger partial charge in [-0.25, -0.2) is 4.98 Å². The predicted octanol–water partition coefficient (Wildman–Crippen LogP) is 1.73. The minimum absolute atomic E-state index is 0.757. The van der Waals surface area contributed by atoms with Crippen LogP contribution >= 0.6 is 0 Å². The van der Waals surface area contributed by atoms with Crippen LogP contribution in [0.1, 0.15) is 18.5 Å². The zero-order chi connectivity index (χ0) is 12.3. The third-order valence-electron chi connectivity index (χ3n) is 3.47. The Morgan fingerprint density at radius 2 is 2.35 bits per heavy atom. The molecular weight excluding hydrogens is 212 g/mol. The number of nitrogens with zero attached hydrogens (tertiary/aromatic N) is 2. The van der Waals surface area contributed by atoms with Gasteiger partial charge in [-0.2, -0.15) is 0 Å². The van der Waals surface area contributed by atoms with Gasteiger partial charge in [0.15, 0.2) is 0 Å². The molecule has 1 aliphatic rings. The lowest BCUT2D eigenvalue weighted by Gasteiger charge is -2.12. The van der Waals surface area contributed by atoms with Crippen LogP contribution in [0.15, 0.2) is 12.1 Å². The van der Waals surface area contributed by atoms with Gasteiger partial charge < -0.3 is 16.0 Å². The Kier molecular flexibility index (Phi) is 3.84. The highest BCUT2D eigenvalue weighted by Crippen LogP contribution is 2.18. The van der Waals surface area contributed by atoms with Crippen LogP contribution in [0.4, 0.5) is 11.5 Å². The van der Waals surface area contributed by atoms with Crippen molar-refractivity contribution in [3.63, 3.8) is 0 Å². The van der Waals surface area contributed by atoms with Crippen LogP contribution in [0.25, 0.3) is 0 Å². The number of rotatable bonds is 4. The van der Waals surface area contributed by atoms with Crippen LogP contribution < -0.4 is 11.1 Å². The molecule has 0 amide bonds. The van der Waals surface area contributed by atoms with E-state index in [1.54, 1.807) is 0 Å². The third kappa shape index (κ3) is 3.33. The molecule has 4 nitrogen and oxygen atoms in total. The molecule has 1 fully saturated rings. The number of pyridine rings is 1. The average molecular weight is 234 g/mol. The second-order valence-corrected chi connectivity index (χ2v) is 5.00. The largest absolute Gasteiger partial charge is 0.397 e. The van der Waals surface area contributed by atoms with E-state index in [0.29, 0.717) is 0 Å². The quantitative estimate of drug-likeness (QED) is 0.833. The summed E-state index contributed by atoms with van der Waals surface area (Å²) in [6.45, 7) is 5.40. The summed E-state index contributed by atoms with van der Waals surface area (Å²) in [4.78, 5) is 6.80. The van der Waals surface area contributed by atoms with Gasteiger partial charge >= 0.3 is 0 Å². The number of nitrogens with one attached hydrogen (secondary N) is 1. The Balaban J connectivity index is 1.76. The Morgan fingerprint density at radius 3 is 3.00 bits per heavy atom. The molecule has 2 rings (SSSR count). The third-order valence-corrected chi connectivity index (χ3v) is 3.47. The van der Waals surface area contributed by atoms with Crippen LogP contribution in [0, 0.1) is 12.8 Å². The molecule has 1 aliphatic heterocycles. The van der Waals surface area contributed by atoms with Crippen molar-refractivity contribution in [3.05, 3.63) is 17.8 Å². The number of nitrogen functional groups attached to an aromatic ring is 1. The van der Waals surface area contributed by atoms with Gasteiger partial charge in [0.25, 0.3) is 0 Å². The van der Waals surface area contributed by atoms with Crippen LogP contribution in [-0.2, 0) is 0 Å². The molecule has 2 heterocycles. The Bertz CT molecular complexity index is 378. The summed E-state index contributed by atoms with van der Waals surface area (Å²) < 4.78 is 0. The molecule has 4 heteroatoms. The van der Waals surface area contributed by atoms with Crippen molar-refractivity contribution in [2.75, 3.05) is 37.7 Å². The summed E-state index contributed by atoms with van der Waals surface area (Å²) in [6.07, 6.45) is 2.54. The van der Waals surface area contributed by atoms with Crippen LogP contribution in [0.2, 0.25) is 0 Å². The first-order chi connectivity index (χ1) is 8.15. The fourth-order valence-electron chi connectivity index (χ4n) is 2.34. The van der Waals surface area contributed by atoms with E-state index in [-0.39, 0.29) is 0 Å². The lowest BCUT2D eigenvalue weighted by Crippen LogP contribution is -2.16. The van der Waals surface area contributed by atoms with Crippen molar-refractivity contribution in [2.45, 2.75) is 19.8 Å². The SMILES string of the molecule is Cc1nc(NCCC2CCN(C)C2)ccc1N. The molecule has 1 atom stereocenters. The van der Waals surface area contributed by atoms with Gasteiger partial charge in [-0.1, -0.05) is 0 Å².